The number of benzene rings is 1. The monoisotopic (exact) mass is 273 g/mol. The summed E-state index contributed by atoms with van der Waals surface area (Å²) < 4.78 is 24.4. The van der Waals surface area contributed by atoms with Crippen molar-refractivity contribution in [3.05, 3.63) is 28.2 Å². The lowest BCUT2D eigenvalue weighted by atomic mass is 10.3. The van der Waals surface area contributed by atoms with Crippen molar-refractivity contribution >= 4 is 50.5 Å². The molecule has 0 saturated carbocycles. The van der Waals surface area contributed by atoms with Gasteiger partial charge in [-0.2, -0.15) is 0 Å². The fraction of sp³-hybridized carbons (Fsp3) is 0.143. The summed E-state index contributed by atoms with van der Waals surface area (Å²) in [4.78, 5) is 0. The number of hydrogen-bond donors (Lipinski definition) is 1. The summed E-state index contributed by atoms with van der Waals surface area (Å²) in [5.74, 6) is 0. The summed E-state index contributed by atoms with van der Waals surface area (Å²) in [6.07, 6.45) is 0. The van der Waals surface area contributed by atoms with E-state index in [9.17, 15) is 8.42 Å². The highest BCUT2D eigenvalue weighted by atomic mass is 35.5. The van der Waals surface area contributed by atoms with Crippen LogP contribution in [0.3, 0.4) is 0 Å². The summed E-state index contributed by atoms with van der Waals surface area (Å²) in [7, 11) is -3.52. The molecule has 0 aromatic heterocycles. The molecule has 0 amide bonds. The summed E-state index contributed by atoms with van der Waals surface area (Å²) in [6, 6.07) is 4.43. The predicted molar refractivity (Wildman–Crippen MR) is 59.7 cm³/mol. The van der Waals surface area contributed by atoms with E-state index in [1.54, 1.807) is 0 Å². The lowest BCUT2D eigenvalue weighted by molar-refractivity contribution is 0.605. The highest BCUT2D eigenvalue weighted by Crippen LogP contribution is 2.26. The highest BCUT2D eigenvalue weighted by Gasteiger charge is 2.10. The van der Waals surface area contributed by atoms with Crippen LogP contribution in [0.1, 0.15) is 0 Å². The fourth-order valence-electron chi connectivity index (χ4n) is 0.767. The van der Waals surface area contributed by atoms with Gasteiger partial charge in [-0.05, 0) is 18.2 Å². The van der Waals surface area contributed by atoms with Crippen molar-refractivity contribution in [2.75, 3.05) is 9.93 Å². The van der Waals surface area contributed by atoms with Crippen LogP contribution in [0.4, 0.5) is 5.69 Å². The highest BCUT2D eigenvalue weighted by molar-refractivity contribution is 7.93. The Kier molecular flexibility index (Phi) is 3.89. The second-order valence-electron chi connectivity index (χ2n) is 2.45. The van der Waals surface area contributed by atoms with Crippen LogP contribution >= 0.6 is 34.8 Å². The number of nitrogens with one attached hydrogen (secondary N) is 1. The van der Waals surface area contributed by atoms with Gasteiger partial charge in [-0.1, -0.05) is 23.2 Å². The molecule has 78 valence electrons. The third kappa shape index (κ3) is 3.20. The summed E-state index contributed by atoms with van der Waals surface area (Å²) in [6.45, 7) is 0. The maximum Gasteiger partial charge on any atom is 0.246 e. The lowest BCUT2D eigenvalue weighted by Gasteiger charge is -2.06. The molecule has 1 rings (SSSR count). The molecule has 3 nitrogen and oxygen atoms in total. The topological polar surface area (TPSA) is 46.2 Å². The van der Waals surface area contributed by atoms with E-state index in [1.807, 2.05) is 0 Å². The quantitative estimate of drug-likeness (QED) is 0.862. The second-order valence-corrected chi connectivity index (χ2v) is 5.60. The SMILES string of the molecule is O=S(=O)(CCl)Nc1ccc(Cl)cc1Cl. The van der Waals surface area contributed by atoms with Crippen molar-refractivity contribution in [2.24, 2.45) is 0 Å². The molecule has 1 aromatic carbocycles. The Hall–Kier alpha value is -0.160. The van der Waals surface area contributed by atoms with Crippen molar-refractivity contribution in [2.45, 2.75) is 0 Å². The summed E-state index contributed by atoms with van der Waals surface area (Å²) in [5, 5.41) is 0.140. The standard InChI is InChI=1S/C7H6Cl3NO2S/c8-4-14(12,13)11-7-2-1-5(9)3-6(7)10/h1-3,11H,4H2. The molecular weight excluding hydrogens is 269 g/mol. The first-order valence-corrected chi connectivity index (χ1v) is 6.40. The van der Waals surface area contributed by atoms with Crippen molar-refractivity contribution < 1.29 is 8.42 Å². The third-order valence-corrected chi connectivity index (χ3v) is 3.57. The molecule has 7 heteroatoms. The summed E-state index contributed by atoms with van der Waals surface area (Å²) in [5.41, 5.74) is 0.261. The van der Waals surface area contributed by atoms with Gasteiger partial charge in [-0.15, -0.1) is 11.6 Å². The molecule has 0 aliphatic carbocycles. The third-order valence-electron chi connectivity index (χ3n) is 1.34. The fourth-order valence-corrected chi connectivity index (χ4v) is 2.01. The Labute approximate surface area is 97.0 Å². The molecule has 14 heavy (non-hydrogen) atoms. The van der Waals surface area contributed by atoms with Crippen LogP contribution in [0.25, 0.3) is 0 Å². The van der Waals surface area contributed by atoms with E-state index in [0.717, 1.165) is 0 Å². The van der Waals surface area contributed by atoms with Crippen LogP contribution < -0.4 is 4.72 Å². The van der Waals surface area contributed by atoms with E-state index >= 15 is 0 Å². The zero-order valence-corrected chi connectivity index (χ0v) is 9.88. The minimum absolute atomic E-state index is 0.228. The van der Waals surface area contributed by atoms with Gasteiger partial charge < -0.3 is 0 Å². The van der Waals surface area contributed by atoms with E-state index < -0.39 is 15.2 Å². The largest absolute Gasteiger partial charge is 0.281 e. The minimum Gasteiger partial charge on any atom is -0.281 e. The van der Waals surface area contributed by atoms with Crippen LogP contribution in [0, 0.1) is 0 Å². The van der Waals surface area contributed by atoms with Gasteiger partial charge in [0.15, 0.2) is 0 Å². The van der Waals surface area contributed by atoms with Crippen LogP contribution in [-0.2, 0) is 10.0 Å². The van der Waals surface area contributed by atoms with Crippen LogP contribution in [0.15, 0.2) is 18.2 Å². The Morgan fingerprint density at radius 2 is 1.93 bits per heavy atom. The molecule has 1 aromatic rings. The average Bonchev–Trinajstić information content (AvgIpc) is 2.10. The first kappa shape index (κ1) is 11.9. The van der Waals surface area contributed by atoms with Crippen molar-refractivity contribution in [3.63, 3.8) is 0 Å². The zero-order valence-electron chi connectivity index (χ0n) is 6.80. The van der Waals surface area contributed by atoms with Crippen molar-refractivity contribution in [1.82, 2.24) is 0 Å². The molecule has 0 spiro atoms. The van der Waals surface area contributed by atoms with E-state index in [4.69, 9.17) is 34.8 Å². The molecule has 0 heterocycles. The number of sulfonamides is 1. The van der Waals surface area contributed by atoms with E-state index in [2.05, 4.69) is 4.72 Å². The average molecular weight is 275 g/mol. The van der Waals surface area contributed by atoms with Gasteiger partial charge in [0.1, 0.15) is 5.21 Å². The number of hydrogen-bond acceptors (Lipinski definition) is 2. The van der Waals surface area contributed by atoms with Gasteiger partial charge in [0.05, 0.1) is 10.7 Å². The molecular formula is C7H6Cl3NO2S. The second kappa shape index (κ2) is 4.57. The number of rotatable bonds is 3. The maximum atomic E-state index is 11.1. The smallest absolute Gasteiger partial charge is 0.246 e. The van der Waals surface area contributed by atoms with Crippen LogP contribution in [0.2, 0.25) is 10.0 Å². The maximum absolute atomic E-state index is 11.1. The van der Waals surface area contributed by atoms with Gasteiger partial charge in [0.25, 0.3) is 0 Å². The minimum atomic E-state index is -3.52. The van der Waals surface area contributed by atoms with Gasteiger partial charge >= 0.3 is 0 Å². The van der Waals surface area contributed by atoms with Gasteiger partial charge in [-0.3, -0.25) is 4.72 Å². The lowest BCUT2D eigenvalue weighted by Crippen LogP contribution is -2.13. The molecule has 0 fully saturated rings. The Balaban J connectivity index is 2.99. The molecule has 0 aliphatic heterocycles. The van der Waals surface area contributed by atoms with Crippen LogP contribution in [-0.4, -0.2) is 13.6 Å². The first-order chi connectivity index (χ1) is 6.44. The predicted octanol–water partition coefficient (Wildman–Crippen LogP) is 2.93. The van der Waals surface area contributed by atoms with Crippen molar-refractivity contribution in [3.8, 4) is 0 Å². The molecule has 0 unspecified atom stereocenters. The number of alkyl halides is 1. The van der Waals surface area contributed by atoms with E-state index in [0.29, 0.717) is 5.02 Å². The Morgan fingerprint density at radius 3 is 2.43 bits per heavy atom. The Morgan fingerprint density at radius 1 is 1.29 bits per heavy atom. The molecule has 0 atom stereocenters. The first-order valence-electron chi connectivity index (χ1n) is 3.46. The molecule has 0 saturated heterocycles. The van der Waals surface area contributed by atoms with Gasteiger partial charge in [0.2, 0.25) is 10.0 Å². The van der Waals surface area contributed by atoms with Gasteiger partial charge in [-0.25, -0.2) is 8.42 Å². The molecule has 0 aliphatic rings. The van der Waals surface area contributed by atoms with Crippen molar-refractivity contribution in [1.29, 1.82) is 0 Å². The number of anilines is 1. The molecule has 1 N–H and O–H groups in total. The summed E-state index contributed by atoms with van der Waals surface area (Å²) >= 11 is 16.6. The zero-order chi connectivity index (χ0) is 10.8. The number of halogens is 3. The Bertz CT molecular complexity index is 433. The molecule has 0 bridgehead atoms. The van der Waals surface area contributed by atoms with Crippen LogP contribution in [0.5, 0.6) is 0 Å². The van der Waals surface area contributed by atoms with Gasteiger partial charge in [0, 0.05) is 5.02 Å². The normalized spacial score (nSPS) is 11.4. The molecule has 0 radical (unpaired) electrons. The van der Waals surface area contributed by atoms with E-state index in [1.165, 1.54) is 18.2 Å². The van der Waals surface area contributed by atoms with E-state index in [-0.39, 0.29) is 10.7 Å².